The number of carboxylic acid groups (broad SMARTS) is 1. The number of phenolic OH excluding ortho intramolecular Hbond substituents is 4. The van der Waals surface area contributed by atoms with E-state index < -0.39 is 23.3 Å². The van der Waals surface area contributed by atoms with Crippen LogP contribution in [0.25, 0.3) is 0 Å². The summed E-state index contributed by atoms with van der Waals surface area (Å²) in [6, 6.07) is 12.6. The summed E-state index contributed by atoms with van der Waals surface area (Å²) >= 11 is 0. The topological polar surface area (TPSA) is 145 Å². The number of benzene rings is 3. The number of cyclic esters (lactones) is 1. The maximum atomic E-state index is 12.7. The summed E-state index contributed by atoms with van der Waals surface area (Å²) < 4.78 is 5.78. The van der Waals surface area contributed by atoms with Crippen LogP contribution in [0.15, 0.2) is 54.6 Å². The fraction of sp³-hybridized carbons (Fsp3) is 0.130. The van der Waals surface area contributed by atoms with Gasteiger partial charge in [-0.25, -0.2) is 4.79 Å². The van der Waals surface area contributed by atoms with Crippen LogP contribution in [-0.4, -0.2) is 37.5 Å². The molecule has 1 unspecified atom stereocenters. The van der Waals surface area contributed by atoms with Gasteiger partial charge < -0.3 is 30.3 Å². The molecule has 0 amide bonds. The second-order valence-corrected chi connectivity index (χ2v) is 7.21. The zero-order valence-corrected chi connectivity index (χ0v) is 16.1. The van der Waals surface area contributed by atoms with E-state index in [4.69, 9.17) is 9.84 Å². The van der Waals surface area contributed by atoms with Crippen LogP contribution >= 0.6 is 0 Å². The van der Waals surface area contributed by atoms with E-state index in [-0.39, 0.29) is 52.3 Å². The van der Waals surface area contributed by atoms with Gasteiger partial charge in [0.2, 0.25) is 0 Å². The molecule has 0 fully saturated rings. The monoisotopic (exact) mass is 422 g/mol. The van der Waals surface area contributed by atoms with Gasteiger partial charge in [0.25, 0.3) is 0 Å². The lowest BCUT2D eigenvalue weighted by Gasteiger charge is -2.31. The fourth-order valence-electron chi connectivity index (χ4n) is 3.93. The third-order valence-electron chi connectivity index (χ3n) is 5.32. The van der Waals surface area contributed by atoms with Crippen molar-refractivity contribution >= 4 is 11.9 Å². The van der Waals surface area contributed by atoms with Crippen molar-refractivity contribution in [1.82, 2.24) is 0 Å². The van der Waals surface area contributed by atoms with E-state index in [1.54, 1.807) is 24.3 Å². The molecule has 0 bridgehead atoms. The first-order chi connectivity index (χ1) is 14.7. The van der Waals surface area contributed by atoms with Gasteiger partial charge in [0.05, 0.1) is 5.56 Å². The minimum absolute atomic E-state index is 0.0324. The van der Waals surface area contributed by atoms with Crippen molar-refractivity contribution in [3.05, 3.63) is 82.4 Å². The summed E-state index contributed by atoms with van der Waals surface area (Å²) in [5.74, 6) is -3.10. The molecule has 1 aliphatic rings. The van der Waals surface area contributed by atoms with E-state index in [2.05, 4.69) is 0 Å². The van der Waals surface area contributed by atoms with Crippen molar-refractivity contribution in [2.75, 3.05) is 0 Å². The maximum Gasteiger partial charge on any atom is 0.340 e. The molecule has 3 aromatic carbocycles. The summed E-state index contributed by atoms with van der Waals surface area (Å²) in [5, 5.41) is 50.3. The van der Waals surface area contributed by atoms with E-state index in [9.17, 15) is 30.0 Å². The summed E-state index contributed by atoms with van der Waals surface area (Å²) in [6.07, 6.45) is -0.312. The number of fused-ring (bicyclic) bond motifs is 1. The van der Waals surface area contributed by atoms with Crippen molar-refractivity contribution in [3.63, 3.8) is 0 Å². The van der Waals surface area contributed by atoms with Crippen LogP contribution in [0.2, 0.25) is 0 Å². The molecule has 5 N–H and O–H groups in total. The van der Waals surface area contributed by atoms with Gasteiger partial charge in [-0.05, 0) is 36.2 Å². The Bertz CT molecular complexity index is 1220. The Morgan fingerprint density at radius 2 is 1.55 bits per heavy atom. The number of aryl methyl sites for hydroxylation is 1. The van der Waals surface area contributed by atoms with Crippen molar-refractivity contribution in [3.8, 4) is 23.0 Å². The van der Waals surface area contributed by atoms with Gasteiger partial charge in [-0.2, -0.15) is 0 Å². The lowest BCUT2D eigenvalue weighted by Crippen LogP contribution is -2.30. The lowest BCUT2D eigenvalue weighted by atomic mass is 9.78. The van der Waals surface area contributed by atoms with Crippen LogP contribution in [0, 0.1) is 0 Å². The number of hydrogen-bond donors (Lipinski definition) is 5. The van der Waals surface area contributed by atoms with Crippen molar-refractivity contribution < 1.29 is 39.9 Å². The van der Waals surface area contributed by atoms with Crippen LogP contribution in [0.4, 0.5) is 0 Å². The number of phenols is 4. The molecule has 0 saturated heterocycles. The molecular formula is C23H18O8. The second kappa shape index (κ2) is 7.24. The van der Waals surface area contributed by atoms with Crippen molar-refractivity contribution in [2.45, 2.75) is 18.4 Å². The minimum Gasteiger partial charge on any atom is -0.508 e. The van der Waals surface area contributed by atoms with Gasteiger partial charge in [-0.3, -0.25) is 4.79 Å². The second-order valence-electron chi connectivity index (χ2n) is 7.21. The van der Waals surface area contributed by atoms with Crippen molar-refractivity contribution in [1.29, 1.82) is 0 Å². The number of ether oxygens (including phenoxy) is 1. The highest BCUT2D eigenvalue weighted by atomic mass is 16.6. The largest absolute Gasteiger partial charge is 0.508 e. The van der Waals surface area contributed by atoms with E-state index in [1.807, 2.05) is 0 Å². The summed E-state index contributed by atoms with van der Waals surface area (Å²) in [5.41, 5.74) is -0.908. The van der Waals surface area contributed by atoms with E-state index in [0.29, 0.717) is 5.56 Å². The Morgan fingerprint density at radius 1 is 0.839 bits per heavy atom. The van der Waals surface area contributed by atoms with Gasteiger partial charge >= 0.3 is 11.9 Å². The number of carbonyl (C=O) groups excluding carboxylic acids is 1. The zero-order valence-electron chi connectivity index (χ0n) is 16.1. The first kappa shape index (κ1) is 20.1. The molecule has 1 atom stereocenters. The SMILES string of the molecule is O=C(O)CCc1cc(C2(c3ccc(O)cc3O)OC(=O)c3ccccc32)c(O)cc1O. The van der Waals surface area contributed by atoms with Crippen LogP contribution in [-0.2, 0) is 21.6 Å². The molecule has 3 aromatic rings. The van der Waals surface area contributed by atoms with Crippen LogP contribution in [0.5, 0.6) is 23.0 Å². The lowest BCUT2D eigenvalue weighted by molar-refractivity contribution is -0.136. The molecule has 8 nitrogen and oxygen atoms in total. The molecule has 0 aromatic heterocycles. The molecule has 0 radical (unpaired) electrons. The normalized spacial score (nSPS) is 17.2. The maximum absolute atomic E-state index is 12.7. The summed E-state index contributed by atoms with van der Waals surface area (Å²) in [4.78, 5) is 23.7. The van der Waals surface area contributed by atoms with Gasteiger partial charge in [0.15, 0.2) is 5.60 Å². The highest BCUT2D eigenvalue weighted by Crippen LogP contribution is 2.53. The summed E-state index contributed by atoms with van der Waals surface area (Å²) in [6.45, 7) is 0. The zero-order chi connectivity index (χ0) is 22.3. The average molecular weight is 422 g/mol. The minimum atomic E-state index is -1.79. The fourth-order valence-corrected chi connectivity index (χ4v) is 3.93. The number of esters is 1. The summed E-state index contributed by atoms with van der Waals surface area (Å²) in [7, 11) is 0. The van der Waals surface area contributed by atoms with Gasteiger partial charge in [-0.1, -0.05) is 18.2 Å². The molecule has 31 heavy (non-hydrogen) atoms. The van der Waals surface area contributed by atoms with E-state index >= 15 is 0 Å². The standard InChI is InChI=1S/C23H18O8/c24-13-6-7-16(19(26)10-13)23(15-4-2-1-3-14(15)22(30)31-23)17-9-12(5-8-21(28)29)18(25)11-20(17)27/h1-4,6-7,9-11,24-27H,5,8H2,(H,28,29). The van der Waals surface area contributed by atoms with Crippen LogP contribution < -0.4 is 0 Å². The van der Waals surface area contributed by atoms with E-state index in [0.717, 1.165) is 12.1 Å². The molecule has 8 heteroatoms. The Kier molecular flexibility index (Phi) is 4.69. The van der Waals surface area contributed by atoms with Crippen LogP contribution in [0.1, 0.15) is 39.0 Å². The Balaban J connectivity index is 2.04. The number of rotatable bonds is 5. The molecule has 4 rings (SSSR count). The Labute approximate surface area is 176 Å². The highest BCUT2D eigenvalue weighted by molar-refractivity contribution is 5.96. The molecule has 0 aliphatic carbocycles. The third kappa shape index (κ3) is 3.18. The molecule has 0 spiro atoms. The van der Waals surface area contributed by atoms with Gasteiger partial charge in [0.1, 0.15) is 23.0 Å². The van der Waals surface area contributed by atoms with Gasteiger partial charge in [0, 0.05) is 35.2 Å². The number of aliphatic carboxylic acids is 1. The quantitative estimate of drug-likeness (QED) is 0.395. The van der Waals surface area contributed by atoms with Crippen molar-refractivity contribution in [2.24, 2.45) is 0 Å². The average Bonchev–Trinajstić information content (AvgIpc) is 3.00. The first-order valence-corrected chi connectivity index (χ1v) is 9.36. The van der Waals surface area contributed by atoms with Crippen LogP contribution in [0.3, 0.4) is 0 Å². The number of hydrogen-bond acceptors (Lipinski definition) is 7. The Morgan fingerprint density at radius 3 is 2.26 bits per heavy atom. The molecule has 158 valence electrons. The predicted molar refractivity (Wildman–Crippen MR) is 107 cm³/mol. The molecular weight excluding hydrogens is 404 g/mol. The molecule has 1 heterocycles. The predicted octanol–water partition coefficient (Wildman–Crippen LogP) is 2.99. The van der Waals surface area contributed by atoms with Gasteiger partial charge in [-0.15, -0.1) is 0 Å². The highest BCUT2D eigenvalue weighted by Gasteiger charge is 2.51. The van der Waals surface area contributed by atoms with E-state index in [1.165, 1.54) is 18.2 Å². The first-order valence-electron chi connectivity index (χ1n) is 9.36. The Hall–Kier alpha value is -4.20. The number of carboxylic acids is 1. The smallest absolute Gasteiger partial charge is 0.340 e. The molecule has 1 aliphatic heterocycles. The third-order valence-corrected chi connectivity index (χ3v) is 5.32. The molecule has 0 saturated carbocycles. The number of aromatic hydroxyl groups is 4. The number of carbonyl (C=O) groups is 2.